The maximum atomic E-state index is 13.3. The molecule has 84 heavy (non-hydrogen) atoms. The van der Waals surface area contributed by atoms with Crippen LogP contribution in [0.15, 0.2) is 97.2 Å². The number of aliphatic hydroxyl groups is 8. The van der Waals surface area contributed by atoms with Crippen LogP contribution in [0, 0.1) is 0 Å². The Kier molecular flexibility index (Phi) is 49.6. The van der Waals surface area contributed by atoms with Crippen LogP contribution in [0.1, 0.15) is 245 Å². The van der Waals surface area contributed by atoms with Gasteiger partial charge in [0.05, 0.1) is 32.0 Å². The second-order valence-electron chi connectivity index (χ2n) is 23.2. The van der Waals surface area contributed by atoms with Gasteiger partial charge >= 0.3 is 0 Å². The predicted molar refractivity (Wildman–Crippen MR) is 341 cm³/mol. The lowest BCUT2D eigenvalue weighted by Crippen LogP contribution is -2.65. The summed E-state index contributed by atoms with van der Waals surface area (Å²) in [7, 11) is 0. The number of nitrogens with one attached hydrogen (secondary N) is 1. The van der Waals surface area contributed by atoms with E-state index < -0.39 is 86.8 Å². The molecule has 9 N–H and O–H groups in total. The largest absolute Gasteiger partial charge is 0.394 e. The van der Waals surface area contributed by atoms with Crippen LogP contribution in [-0.4, -0.2) is 140 Å². The zero-order valence-electron chi connectivity index (χ0n) is 52.4. The number of amides is 1. The lowest BCUT2D eigenvalue weighted by atomic mass is 9.97. The number of ether oxygens (including phenoxy) is 4. The molecule has 0 aliphatic carbocycles. The average molecular weight is 1180 g/mol. The van der Waals surface area contributed by atoms with E-state index >= 15 is 0 Å². The van der Waals surface area contributed by atoms with Gasteiger partial charge in [-0.25, -0.2) is 0 Å². The Morgan fingerprint density at radius 2 is 0.833 bits per heavy atom. The van der Waals surface area contributed by atoms with E-state index in [0.29, 0.717) is 12.8 Å². The van der Waals surface area contributed by atoms with Gasteiger partial charge in [-0.3, -0.25) is 4.79 Å². The van der Waals surface area contributed by atoms with Crippen molar-refractivity contribution in [3.05, 3.63) is 97.2 Å². The monoisotopic (exact) mass is 1180 g/mol. The fourth-order valence-electron chi connectivity index (χ4n) is 10.4. The normalized spacial score (nSPS) is 24.3. The van der Waals surface area contributed by atoms with Gasteiger partial charge in [0.25, 0.3) is 0 Å². The third kappa shape index (κ3) is 38.2. The summed E-state index contributed by atoms with van der Waals surface area (Å²) >= 11 is 0. The molecular formula is C70H121NO13. The molecule has 12 atom stereocenters. The smallest absolute Gasteiger partial charge is 0.220 e. The van der Waals surface area contributed by atoms with E-state index in [1.54, 1.807) is 6.08 Å². The number of rotatable bonds is 53. The minimum Gasteiger partial charge on any atom is -0.394 e. The Bertz CT molecular complexity index is 1780. The van der Waals surface area contributed by atoms with Gasteiger partial charge < -0.3 is 65.1 Å². The first-order chi connectivity index (χ1) is 41.1. The zero-order chi connectivity index (χ0) is 60.9. The first-order valence-corrected chi connectivity index (χ1v) is 33.5. The molecule has 12 unspecified atom stereocenters. The van der Waals surface area contributed by atoms with Crippen molar-refractivity contribution in [3.63, 3.8) is 0 Å². The molecule has 2 saturated heterocycles. The minimum atomic E-state index is -1.79. The quantitative estimate of drug-likeness (QED) is 0.0204. The van der Waals surface area contributed by atoms with Crippen molar-refractivity contribution in [3.8, 4) is 0 Å². The van der Waals surface area contributed by atoms with E-state index in [-0.39, 0.29) is 18.9 Å². The van der Waals surface area contributed by atoms with Crippen LogP contribution >= 0.6 is 0 Å². The van der Waals surface area contributed by atoms with Crippen LogP contribution in [-0.2, 0) is 23.7 Å². The maximum absolute atomic E-state index is 13.3. The number of carbonyl (C=O) groups excluding carboxylic acids is 1. The zero-order valence-corrected chi connectivity index (χ0v) is 52.4. The van der Waals surface area contributed by atoms with Crippen molar-refractivity contribution in [2.45, 2.75) is 319 Å². The molecule has 484 valence electrons. The van der Waals surface area contributed by atoms with Gasteiger partial charge in [0, 0.05) is 6.42 Å². The highest BCUT2D eigenvalue weighted by atomic mass is 16.7. The summed E-state index contributed by atoms with van der Waals surface area (Å²) in [6, 6.07) is -0.937. The lowest BCUT2D eigenvalue weighted by molar-refractivity contribution is -0.359. The minimum absolute atomic E-state index is 0.252. The van der Waals surface area contributed by atoms with Crippen molar-refractivity contribution in [2.24, 2.45) is 0 Å². The summed E-state index contributed by atoms with van der Waals surface area (Å²) < 4.78 is 22.8. The molecule has 0 aromatic carbocycles. The topological polar surface area (TPSA) is 228 Å². The number of unbranched alkanes of at least 4 members (excludes halogenated alkanes) is 26. The Morgan fingerprint density at radius 1 is 0.440 bits per heavy atom. The molecule has 0 bridgehead atoms. The molecule has 0 saturated carbocycles. The molecule has 0 aromatic heterocycles. The highest BCUT2D eigenvalue weighted by molar-refractivity contribution is 5.76. The van der Waals surface area contributed by atoms with Crippen LogP contribution in [0.2, 0.25) is 0 Å². The average Bonchev–Trinajstić information content (AvgIpc) is 3.17. The van der Waals surface area contributed by atoms with Crippen LogP contribution in [0.3, 0.4) is 0 Å². The highest BCUT2D eigenvalue weighted by Gasteiger charge is 2.51. The molecular weight excluding hydrogens is 1060 g/mol. The SMILES string of the molecule is CC/C=C\C/C=C\C/C=C\C/C=C\C/C=C\C/C=C\CCCCCCCCCCCCCCCCC(=O)NC(COC1OC(CO)C(OC2OC(CO)C(O)C(O)C2O)C(O)C1O)C(O)/C=C/CC/C=C/CCCCCCCCCCCCC. The van der Waals surface area contributed by atoms with Gasteiger partial charge in [-0.15, -0.1) is 0 Å². The highest BCUT2D eigenvalue weighted by Crippen LogP contribution is 2.30. The number of allylic oxidation sites excluding steroid dienone is 15. The number of carbonyl (C=O) groups is 1. The molecule has 14 nitrogen and oxygen atoms in total. The first-order valence-electron chi connectivity index (χ1n) is 33.5. The van der Waals surface area contributed by atoms with Crippen LogP contribution in [0.4, 0.5) is 0 Å². The first kappa shape index (κ1) is 77.0. The van der Waals surface area contributed by atoms with Gasteiger partial charge in [-0.05, 0) is 83.5 Å². The summed E-state index contributed by atoms with van der Waals surface area (Å²) in [5.41, 5.74) is 0. The Hall–Kier alpha value is -3.09. The molecule has 0 spiro atoms. The Balaban J connectivity index is 1.67. The second kappa shape index (κ2) is 54.1. The number of aliphatic hydroxyl groups excluding tert-OH is 8. The van der Waals surface area contributed by atoms with Gasteiger partial charge in [-0.1, -0.05) is 252 Å². The molecule has 2 heterocycles. The van der Waals surface area contributed by atoms with E-state index in [4.69, 9.17) is 18.9 Å². The maximum Gasteiger partial charge on any atom is 0.220 e. The third-order valence-electron chi connectivity index (χ3n) is 15.8. The fraction of sp³-hybridized carbons (Fsp3) is 0.757. The Labute approximate surface area is 509 Å². The molecule has 0 radical (unpaired) electrons. The fourth-order valence-corrected chi connectivity index (χ4v) is 10.4. The molecule has 2 aliphatic rings. The molecule has 2 aliphatic heterocycles. The van der Waals surface area contributed by atoms with E-state index in [1.165, 1.54) is 141 Å². The predicted octanol–water partition coefficient (Wildman–Crippen LogP) is 13.0. The lowest BCUT2D eigenvalue weighted by Gasteiger charge is -2.46. The molecule has 14 heteroatoms. The summed E-state index contributed by atoms with van der Waals surface area (Å²) in [4.78, 5) is 13.3. The van der Waals surface area contributed by atoms with E-state index in [0.717, 1.165) is 70.6 Å². The van der Waals surface area contributed by atoms with Crippen LogP contribution in [0.25, 0.3) is 0 Å². The molecule has 2 fully saturated rings. The summed E-state index contributed by atoms with van der Waals surface area (Å²) in [5, 5.41) is 87.3. The van der Waals surface area contributed by atoms with Crippen molar-refractivity contribution in [2.75, 3.05) is 19.8 Å². The molecule has 1 amide bonds. The standard InChI is InChI=1S/C70H121NO13/c1-3-5-7-9-11-13-15-17-19-21-22-23-24-25-26-27-28-29-30-31-32-33-34-35-36-38-40-42-44-46-48-50-52-54-62(75)71-58(59(74)53-51-49-47-45-43-41-39-37-20-18-16-14-12-10-8-6-4-2)57-81-69-67(80)65(78)68(61(56-73)83-69)84-70-66(79)64(77)63(76)60(55-72)82-70/h5,7,11,13,17,19,22-23,25-26,28-29,43,45,51,53,58-61,63-70,72-74,76-80H,3-4,6,8-10,12,14-16,18,20-21,24,27,30-42,44,46-50,52,54-57H2,1-2H3,(H,71,75)/b7-5-,13-11-,19-17-,23-22-,26-25-,29-28-,45-43+,53-51+. The number of hydrogen-bond donors (Lipinski definition) is 9. The summed E-state index contributed by atoms with van der Waals surface area (Å²) in [6.45, 7) is 2.67. The molecule has 0 aromatic rings. The second-order valence-corrected chi connectivity index (χ2v) is 23.2. The number of hydrogen-bond acceptors (Lipinski definition) is 13. The molecule has 2 rings (SSSR count). The van der Waals surface area contributed by atoms with Crippen molar-refractivity contribution in [1.29, 1.82) is 0 Å². The van der Waals surface area contributed by atoms with Gasteiger partial charge in [0.2, 0.25) is 5.91 Å². The van der Waals surface area contributed by atoms with E-state index in [1.807, 2.05) is 6.08 Å². The van der Waals surface area contributed by atoms with Crippen molar-refractivity contribution in [1.82, 2.24) is 5.32 Å². The third-order valence-corrected chi connectivity index (χ3v) is 15.8. The van der Waals surface area contributed by atoms with Crippen LogP contribution < -0.4 is 5.32 Å². The van der Waals surface area contributed by atoms with E-state index in [2.05, 4.69) is 104 Å². The summed E-state index contributed by atoms with van der Waals surface area (Å²) in [5.74, 6) is -0.252. The van der Waals surface area contributed by atoms with Crippen LogP contribution in [0.5, 0.6) is 0 Å². The van der Waals surface area contributed by atoms with Crippen molar-refractivity contribution < 1.29 is 64.6 Å². The summed E-state index contributed by atoms with van der Waals surface area (Å²) in [6.07, 6.45) is 58.8. The van der Waals surface area contributed by atoms with Gasteiger partial charge in [0.1, 0.15) is 48.8 Å². The van der Waals surface area contributed by atoms with E-state index in [9.17, 15) is 45.6 Å². The van der Waals surface area contributed by atoms with Gasteiger partial charge in [0.15, 0.2) is 12.6 Å². The van der Waals surface area contributed by atoms with Gasteiger partial charge in [-0.2, -0.15) is 0 Å². The van der Waals surface area contributed by atoms with Crippen molar-refractivity contribution >= 4 is 5.91 Å². The Morgan fingerprint density at radius 3 is 1.31 bits per heavy atom.